The van der Waals surface area contributed by atoms with Gasteiger partial charge in [-0.05, 0) is 47.6 Å². The lowest BCUT2D eigenvalue weighted by atomic mass is 10.0. The standard InChI is InChI=1S/C16H26BrN3O/c1-3-7-20-8-9-21-16(12-20)15(18-4-2)10-14-6-5-13(17)11-19-14/h5-6,11,15-16,18H,3-4,7-10,12H2,1-2H3. The maximum Gasteiger partial charge on any atom is 0.0859 e. The van der Waals surface area contributed by atoms with Crippen molar-refractivity contribution in [1.82, 2.24) is 15.2 Å². The van der Waals surface area contributed by atoms with Crippen LogP contribution in [0.25, 0.3) is 0 Å². The van der Waals surface area contributed by atoms with Gasteiger partial charge in [0.2, 0.25) is 0 Å². The molecule has 1 saturated heterocycles. The fourth-order valence-corrected chi connectivity index (χ4v) is 3.08. The van der Waals surface area contributed by atoms with Gasteiger partial charge >= 0.3 is 0 Å². The zero-order valence-corrected chi connectivity index (χ0v) is 14.6. The van der Waals surface area contributed by atoms with Crippen LogP contribution in [0.1, 0.15) is 26.0 Å². The van der Waals surface area contributed by atoms with Crippen LogP contribution in [-0.2, 0) is 11.2 Å². The highest BCUT2D eigenvalue weighted by Crippen LogP contribution is 2.14. The number of ether oxygens (including phenoxy) is 1. The second-order valence-corrected chi connectivity index (χ2v) is 6.46. The molecule has 21 heavy (non-hydrogen) atoms. The smallest absolute Gasteiger partial charge is 0.0859 e. The molecule has 1 aromatic heterocycles. The normalized spacial score (nSPS) is 21.4. The molecule has 0 aliphatic carbocycles. The summed E-state index contributed by atoms with van der Waals surface area (Å²) >= 11 is 3.43. The van der Waals surface area contributed by atoms with Crippen LogP contribution < -0.4 is 5.32 Å². The number of likely N-dealkylation sites (N-methyl/N-ethyl adjacent to an activating group) is 1. The van der Waals surface area contributed by atoms with Gasteiger partial charge in [0.25, 0.3) is 0 Å². The third-order valence-corrected chi connectivity index (χ3v) is 4.32. The zero-order valence-electron chi connectivity index (χ0n) is 13.0. The van der Waals surface area contributed by atoms with E-state index in [1.165, 1.54) is 6.42 Å². The van der Waals surface area contributed by atoms with E-state index in [-0.39, 0.29) is 6.10 Å². The first-order valence-corrected chi connectivity index (χ1v) is 8.70. The number of morpholine rings is 1. The van der Waals surface area contributed by atoms with Crippen LogP contribution in [-0.4, -0.2) is 54.8 Å². The highest BCUT2D eigenvalue weighted by molar-refractivity contribution is 9.10. The van der Waals surface area contributed by atoms with E-state index in [0.29, 0.717) is 6.04 Å². The molecule has 4 nitrogen and oxygen atoms in total. The van der Waals surface area contributed by atoms with Gasteiger partial charge in [-0.3, -0.25) is 9.88 Å². The maximum atomic E-state index is 6.02. The quantitative estimate of drug-likeness (QED) is 0.815. The molecule has 0 saturated carbocycles. The van der Waals surface area contributed by atoms with Crippen molar-refractivity contribution in [2.75, 3.05) is 32.8 Å². The second-order valence-electron chi connectivity index (χ2n) is 5.55. The van der Waals surface area contributed by atoms with Gasteiger partial charge in [0.05, 0.1) is 12.7 Å². The fourth-order valence-electron chi connectivity index (χ4n) is 2.84. The maximum absolute atomic E-state index is 6.02. The summed E-state index contributed by atoms with van der Waals surface area (Å²) in [6.07, 6.45) is 4.22. The van der Waals surface area contributed by atoms with E-state index in [2.05, 4.69) is 57.1 Å². The number of aromatic nitrogens is 1. The molecular weight excluding hydrogens is 330 g/mol. The average molecular weight is 356 g/mol. The molecule has 0 spiro atoms. The first kappa shape index (κ1) is 16.9. The van der Waals surface area contributed by atoms with Crippen LogP contribution in [0, 0.1) is 0 Å². The predicted molar refractivity (Wildman–Crippen MR) is 89.6 cm³/mol. The number of pyridine rings is 1. The molecule has 0 radical (unpaired) electrons. The Hall–Kier alpha value is -0.490. The van der Waals surface area contributed by atoms with E-state index in [9.17, 15) is 0 Å². The van der Waals surface area contributed by atoms with Crippen LogP contribution in [0.15, 0.2) is 22.8 Å². The van der Waals surface area contributed by atoms with Crippen molar-refractivity contribution in [2.24, 2.45) is 0 Å². The highest BCUT2D eigenvalue weighted by atomic mass is 79.9. The largest absolute Gasteiger partial charge is 0.374 e. The number of hydrogen-bond acceptors (Lipinski definition) is 4. The molecule has 1 aliphatic heterocycles. The van der Waals surface area contributed by atoms with Crippen LogP contribution in [0.3, 0.4) is 0 Å². The SMILES string of the molecule is CCCN1CCOC(C(Cc2ccc(Br)cn2)NCC)C1. The number of nitrogens with zero attached hydrogens (tertiary/aromatic N) is 2. The van der Waals surface area contributed by atoms with Crippen molar-refractivity contribution in [1.29, 1.82) is 0 Å². The van der Waals surface area contributed by atoms with Gasteiger partial charge in [0.15, 0.2) is 0 Å². The molecule has 2 heterocycles. The summed E-state index contributed by atoms with van der Waals surface area (Å²) in [5.41, 5.74) is 1.11. The Kier molecular flexibility index (Phi) is 7.10. The third kappa shape index (κ3) is 5.33. The van der Waals surface area contributed by atoms with E-state index >= 15 is 0 Å². The Morgan fingerprint density at radius 3 is 3.00 bits per heavy atom. The van der Waals surface area contributed by atoms with Crippen LogP contribution in [0.5, 0.6) is 0 Å². The zero-order chi connectivity index (χ0) is 15.1. The summed E-state index contributed by atoms with van der Waals surface area (Å²) in [5, 5.41) is 3.57. The van der Waals surface area contributed by atoms with Gasteiger partial charge < -0.3 is 10.1 Å². The summed E-state index contributed by atoms with van der Waals surface area (Å²) in [7, 11) is 0. The second kappa shape index (κ2) is 8.83. The van der Waals surface area contributed by atoms with Gasteiger partial charge in [-0.2, -0.15) is 0 Å². The summed E-state index contributed by atoms with van der Waals surface area (Å²) in [4.78, 5) is 7.00. The lowest BCUT2D eigenvalue weighted by molar-refractivity contribution is -0.0460. The molecule has 1 aliphatic rings. The van der Waals surface area contributed by atoms with Gasteiger partial charge in [-0.25, -0.2) is 0 Å². The minimum Gasteiger partial charge on any atom is -0.374 e. The van der Waals surface area contributed by atoms with Crippen molar-refractivity contribution >= 4 is 15.9 Å². The van der Waals surface area contributed by atoms with E-state index in [1.807, 2.05) is 6.20 Å². The first-order valence-electron chi connectivity index (χ1n) is 7.90. The Balaban J connectivity index is 1.98. The lowest BCUT2D eigenvalue weighted by Gasteiger charge is -2.37. The molecule has 1 fully saturated rings. The van der Waals surface area contributed by atoms with Gasteiger partial charge in [0, 0.05) is 41.9 Å². The predicted octanol–water partition coefficient (Wildman–Crippen LogP) is 2.48. The Bertz CT molecular complexity index is 410. The molecule has 2 unspecified atom stereocenters. The summed E-state index contributed by atoms with van der Waals surface area (Å²) in [6.45, 7) is 9.40. The van der Waals surface area contributed by atoms with Gasteiger partial charge in [0.1, 0.15) is 0 Å². The van der Waals surface area contributed by atoms with Crippen LogP contribution >= 0.6 is 15.9 Å². The first-order chi connectivity index (χ1) is 10.2. The molecule has 0 bridgehead atoms. The molecular formula is C16H26BrN3O. The number of halogens is 1. The third-order valence-electron chi connectivity index (χ3n) is 3.85. The van der Waals surface area contributed by atoms with Crippen LogP contribution in [0.4, 0.5) is 0 Å². The summed E-state index contributed by atoms with van der Waals surface area (Å²) in [6, 6.07) is 4.46. The van der Waals surface area contributed by atoms with Gasteiger partial charge in [-0.15, -0.1) is 0 Å². The molecule has 2 rings (SSSR count). The minimum atomic E-state index is 0.246. The molecule has 0 aromatic carbocycles. The van der Waals surface area contributed by atoms with E-state index in [4.69, 9.17) is 4.74 Å². The highest BCUT2D eigenvalue weighted by Gasteiger charge is 2.27. The lowest BCUT2D eigenvalue weighted by Crippen LogP contribution is -2.53. The van der Waals surface area contributed by atoms with E-state index < -0.39 is 0 Å². The molecule has 1 aromatic rings. The number of rotatable bonds is 7. The number of nitrogens with one attached hydrogen (secondary N) is 1. The fraction of sp³-hybridized carbons (Fsp3) is 0.688. The topological polar surface area (TPSA) is 37.4 Å². The monoisotopic (exact) mass is 355 g/mol. The summed E-state index contributed by atoms with van der Waals surface area (Å²) < 4.78 is 7.05. The van der Waals surface area contributed by atoms with Crippen molar-refractivity contribution in [3.8, 4) is 0 Å². The van der Waals surface area contributed by atoms with E-state index in [1.54, 1.807) is 0 Å². The van der Waals surface area contributed by atoms with Crippen molar-refractivity contribution in [2.45, 2.75) is 38.8 Å². The van der Waals surface area contributed by atoms with Crippen molar-refractivity contribution < 1.29 is 4.74 Å². The molecule has 118 valence electrons. The molecule has 0 amide bonds. The van der Waals surface area contributed by atoms with Crippen LogP contribution in [0.2, 0.25) is 0 Å². The van der Waals surface area contributed by atoms with Crippen molar-refractivity contribution in [3.63, 3.8) is 0 Å². The number of hydrogen-bond donors (Lipinski definition) is 1. The Morgan fingerprint density at radius 2 is 2.33 bits per heavy atom. The van der Waals surface area contributed by atoms with Crippen molar-refractivity contribution in [3.05, 3.63) is 28.5 Å². The molecule has 1 N–H and O–H groups in total. The molecule has 5 heteroatoms. The summed E-state index contributed by atoms with van der Waals surface area (Å²) in [5.74, 6) is 0. The van der Waals surface area contributed by atoms with Gasteiger partial charge in [-0.1, -0.05) is 13.8 Å². The average Bonchev–Trinajstić information content (AvgIpc) is 2.50. The Labute approximate surface area is 136 Å². The Morgan fingerprint density at radius 1 is 1.48 bits per heavy atom. The van der Waals surface area contributed by atoms with E-state index in [0.717, 1.165) is 49.4 Å². The minimum absolute atomic E-state index is 0.246. The molecule has 2 atom stereocenters.